The van der Waals surface area contributed by atoms with Crippen molar-refractivity contribution >= 4 is 28.3 Å². The second-order valence-corrected chi connectivity index (χ2v) is 8.24. The van der Waals surface area contributed by atoms with Crippen LogP contribution < -0.4 is 9.50 Å². The summed E-state index contributed by atoms with van der Waals surface area (Å²) in [7, 11) is -0.301. The van der Waals surface area contributed by atoms with E-state index in [1.807, 2.05) is 49.6 Å². The second kappa shape index (κ2) is 13.1. The van der Waals surface area contributed by atoms with Gasteiger partial charge in [0, 0.05) is 31.5 Å². The van der Waals surface area contributed by atoms with Crippen molar-refractivity contribution in [2.24, 2.45) is 0 Å². The molecule has 1 N–H and O–H groups in total. The van der Waals surface area contributed by atoms with Gasteiger partial charge in [-0.3, -0.25) is 0 Å². The zero-order valence-electron chi connectivity index (χ0n) is 18.2. The van der Waals surface area contributed by atoms with Gasteiger partial charge in [-0.15, -0.1) is 0 Å². The van der Waals surface area contributed by atoms with E-state index in [0.29, 0.717) is 19.6 Å². The largest absolute Gasteiger partial charge is 0.464 e. The molecule has 2 atom stereocenters. The predicted octanol–water partition coefficient (Wildman–Crippen LogP) is 4.87. The van der Waals surface area contributed by atoms with Gasteiger partial charge in [0.25, 0.3) is 0 Å². The summed E-state index contributed by atoms with van der Waals surface area (Å²) in [6.07, 6.45) is 3.94. The number of esters is 1. The molecule has 0 aliphatic heterocycles. The van der Waals surface area contributed by atoms with Crippen LogP contribution in [0.3, 0.4) is 0 Å². The van der Waals surface area contributed by atoms with Crippen LogP contribution in [0.4, 0.5) is 5.69 Å². The lowest BCUT2D eigenvalue weighted by Crippen LogP contribution is -2.28. The fraction of sp³-hybridized carbons (Fsp3) is 0.417. The Labute approximate surface area is 182 Å². The maximum Gasteiger partial charge on any atom is 0.335 e. The molecule has 30 heavy (non-hydrogen) atoms. The monoisotopic (exact) mass is 431 g/mol. The van der Waals surface area contributed by atoms with E-state index in [2.05, 4.69) is 23.3 Å². The normalized spacial score (nSPS) is 12.8. The molecule has 0 radical (unpaired) electrons. The van der Waals surface area contributed by atoms with Crippen LogP contribution in [0.15, 0.2) is 48.5 Å². The van der Waals surface area contributed by atoms with E-state index in [0.717, 1.165) is 36.4 Å². The first-order valence-electron chi connectivity index (χ1n) is 10.4. The molecular formula is C24H33NO4S. The maximum atomic E-state index is 12.0. The van der Waals surface area contributed by atoms with Crippen LogP contribution in [0.5, 0.6) is 5.75 Å². The minimum absolute atomic E-state index is 0.301. The number of aryl methyl sites for hydroxylation is 1. The molecule has 0 saturated carbocycles. The third kappa shape index (κ3) is 8.59. The molecule has 0 spiro atoms. The lowest BCUT2D eigenvalue weighted by molar-refractivity contribution is -0.156. The van der Waals surface area contributed by atoms with E-state index in [1.165, 1.54) is 5.56 Å². The first-order valence-corrected chi connectivity index (χ1v) is 12.1. The highest BCUT2D eigenvalue weighted by Crippen LogP contribution is 2.19. The van der Waals surface area contributed by atoms with Gasteiger partial charge in [0.1, 0.15) is 5.75 Å². The average Bonchev–Trinajstić information content (AvgIpc) is 2.73. The molecule has 2 aromatic rings. The molecule has 164 valence electrons. The van der Waals surface area contributed by atoms with Crippen molar-refractivity contribution in [3.05, 3.63) is 59.7 Å². The van der Waals surface area contributed by atoms with Crippen LogP contribution >= 0.6 is 10.8 Å². The van der Waals surface area contributed by atoms with Gasteiger partial charge in [0.2, 0.25) is 0 Å². The average molecular weight is 432 g/mol. The highest BCUT2D eigenvalue weighted by molar-refractivity contribution is 8.09. The number of carbonyl (C=O) groups excluding carboxylic acids is 1. The highest BCUT2D eigenvalue weighted by atomic mass is 32.2. The van der Waals surface area contributed by atoms with Crippen LogP contribution in [-0.2, 0) is 27.1 Å². The fourth-order valence-electron chi connectivity index (χ4n) is 3.02. The van der Waals surface area contributed by atoms with Gasteiger partial charge >= 0.3 is 5.97 Å². The maximum absolute atomic E-state index is 12.0. The van der Waals surface area contributed by atoms with Crippen LogP contribution in [-0.4, -0.2) is 44.0 Å². The summed E-state index contributed by atoms with van der Waals surface area (Å²) in [5, 5.41) is 3.45. The summed E-state index contributed by atoms with van der Waals surface area (Å²) in [6.45, 7) is 5.41. The lowest BCUT2D eigenvalue weighted by Gasteiger charge is -2.16. The number of hydrogen-bond donors (Lipinski definition) is 1. The Morgan fingerprint density at radius 1 is 1.03 bits per heavy atom. The first kappa shape index (κ1) is 24.0. The third-order valence-electron chi connectivity index (χ3n) is 4.43. The van der Waals surface area contributed by atoms with E-state index in [1.54, 1.807) is 6.92 Å². The van der Waals surface area contributed by atoms with Crippen molar-refractivity contribution in [1.29, 1.82) is 0 Å². The fourth-order valence-corrected chi connectivity index (χ4v) is 3.46. The molecule has 0 aromatic heterocycles. The van der Waals surface area contributed by atoms with Gasteiger partial charge in [0.05, 0.1) is 6.61 Å². The summed E-state index contributed by atoms with van der Waals surface area (Å²) >= 11 is 0. The second-order valence-electron chi connectivity index (χ2n) is 6.93. The molecule has 0 heterocycles. The Morgan fingerprint density at radius 3 is 2.30 bits per heavy atom. The summed E-state index contributed by atoms with van der Waals surface area (Å²) in [4.78, 5) is 12.0. The van der Waals surface area contributed by atoms with Gasteiger partial charge in [-0.25, -0.2) is 4.79 Å². The van der Waals surface area contributed by atoms with E-state index in [-0.39, 0.29) is 16.7 Å². The molecule has 2 unspecified atom stereocenters. The van der Waals surface area contributed by atoms with Gasteiger partial charge in [-0.05, 0) is 78.7 Å². The standard InChI is InChI=1S/C24H33NO4S/c1-5-27-23(24(26)28-6-2)18-20-9-13-21(14-10-20)25-17-7-8-19-11-15-22(16-12-19)29-30(3)4/h9-16,23,25H,3,5-8,17-18H2,1-2,4H3. The minimum Gasteiger partial charge on any atom is -0.464 e. The zero-order valence-corrected chi connectivity index (χ0v) is 19.0. The van der Waals surface area contributed by atoms with E-state index >= 15 is 0 Å². The third-order valence-corrected chi connectivity index (χ3v) is 4.90. The lowest BCUT2D eigenvalue weighted by atomic mass is 10.1. The van der Waals surface area contributed by atoms with Gasteiger partial charge in [-0.2, -0.15) is 0 Å². The molecular weight excluding hydrogens is 398 g/mol. The van der Waals surface area contributed by atoms with Crippen LogP contribution in [0.2, 0.25) is 0 Å². The number of rotatable bonds is 13. The Balaban J connectivity index is 1.76. The zero-order chi connectivity index (χ0) is 21.8. The topological polar surface area (TPSA) is 56.8 Å². The molecule has 6 heteroatoms. The van der Waals surface area contributed by atoms with Crippen LogP contribution in [0.25, 0.3) is 0 Å². The Kier molecular flexibility index (Phi) is 10.5. The summed E-state index contributed by atoms with van der Waals surface area (Å²) < 4.78 is 16.2. The quantitative estimate of drug-likeness (QED) is 0.279. The van der Waals surface area contributed by atoms with Gasteiger partial charge in [-0.1, -0.05) is 24.3 Å². The van der Waals surface area contributed by atoms with Crippen LogP contribution in [0, 0.1) is 0 Å². The summed E-state index contributed by atoms with van der Waals surface area (Å²) in [6, 6.07) is 16.3. The van der Waals surface area contributed by atoms with Gasteiger partial charge < -0.3 is 19.0 Å². The van der Waals surface area contributed by atoms with Crippen molar-refractivity contribution in [2.75, 3.05) is 31.3 Å². The van der Waals surface area contributed by atoms with Crippen molar-refractivity contribution in [3.8, 4) is 5.75 Å². The molecule has 2 rings (SSSR count). The van der Waals surface area contributed by atoms with E-state index in [9.17, 15) is 4.79 Å². The number of hydrogen-bond acceptors (Lipinski definition) is 5. The molecule has 0 saturated heterocycles. The number of nitrogens with one attached hydrogen (secondary N) is 1. The SMILES string of the molecule is C=S(C)Oc1ccc(CCCNc2ccc(CC(OCC)C(=O)OCC)cc2)cc1. The molecule has 0 bridgehead atoms. The highest BCUT2D eigenvalue weighted by Gasteiger charge is 2.20. The van der Waals surface area contributed by atoms with E-state index < -0.39 is 6.10 Å². The van der Waals surface area contributed by atoms with Crippen molar-refractivity contribution in [1.82, 2.24) is 0 Å². The number of ether oxygens (including phenoxy) is 2. The minimum atomic E-state index is -0.553. The summed E-state index contributed by atoms with van der Waals surface area (Å²) in [5.41, 5.74) is 3.41. The van der Waals surface area contributed by atoms with E-state index in [4.69, 9.17) is 13.7 Å². The molecule has 0 amide bonds. The smallest absolute Gasteiger partial charge is 0.335 e. The molecule has 0 aliphatic rings. The van der Waals surface area contributed by atoms with Crippen molar-refractivity contribution < 1.29 is 18.5 Å². The van der Waals surface area contributed by atoms with Crippen LogP contribution in [0.1, 0.15) is 31.4 Å². The first-order chi connectivity index (χ1) is 14.5. The Bertz CT molecular complexity index is 790. The molecule has 2 aromatic carbocycles. The number of benzene rings is 2. The summed E-state index contributed by atoms with van der Waals surface area (Å²) in [5.74, 6) is 4.42. The number of anilines is 1. The predicted molar refractivity (Wildman–Crippen MR) is 127 cm³/mol. The number of carbonyl (C=O) groups is 1. The van der Waals surface area contributed by atoms with Crippen molar-refractivity contribution in [2.45, 2.75) is 39.2 Å². The molecule has 0 aliphatic carbocycles. The molecule has 5 nitrogen and oxygen atoms in total. The molecule has 0 fully saturated rings. The van der Waals surface area contributed by atoms with Crippen molar-refractivity contribution in [3.63, 3.8) is 0 Å². The Hall–Kier alpha value is -2.31. The Morgan fingerprint density at radius 2 is 1.70 bits per heavy atom. The van der Waals surface area contributed by atoms with Gasteiger partial charge in [0.15, 0.2) is 6.10 Å².